The van der Waals surface area contributed by atoms with Gasteiger partial charge in [0, 0.05) is 48.8 Å². The standard InChI is InChI=1S/C14H17F3N2O2.C8H5BrF3NO.C5H15N3/c1-9(19-13(21)12(18)6-7-20)8-10-2-4-11(5-3-10)14(15,16)17;9-7-2-1-5(13-4-14)3-6(7)8(10,11)12;1-8(4-2-6)5-3-7/h2-5,7,9,12H,6,8,18H2,1H3,(H,19,21);1-4H,(H,13,14);2-7H2,1H3. The molecule has 0 radical (unpaired) electrons. The van der Waals surface area contributed by atoms with Crippen LogP contribution < -0.4 is 27.8 Å². The van der Waals surface area contributed by atoms with E-state index in [1.165, 1.54) is 24.3 Å². The lowest BCUT2D eigenvalue weighted by atomic mass is 10.0. The number of alkyl halides is 6. The molecule has 8 N–H and O–H groups in total. The summed E-state index contributed by atoms with van der Waals surface area (Å²) < 4.78 is 74.2. The van der Waals surface area contributed by atoms with E-state index < -0.39 is 35.4 Å². The van der Waals surface area contributed by atoms with Gasteiger partial charge in [-0.25, -0.2) is 0 Å². The van der Waals surface area contributed by atoms with Crippen molar-refractivity contribution < 1.29 is 40.7 Å². The van der Waals surface area contributed by atoms with Gasteiger partial charge < -0.3 is 37.5 Å². The van der Waals surface area contributed by atoms with Crippen LogP contribution in [-0.4, -0.2) is 68.8 Å². The molecular weight excluding hydrogens is 650 g/mol. The molecule has 242 valence electrons. The highest BCUT2D eigenvalue weighted by Gasteiger charge is 2.33. The zero-order valence-corrected chi connectivity index (χ0v) is 25.2. The van der Waals surface area contributed by atoms with Crippen LogP contribution in [0.2, 0.25) is 0 Å². The van der Waals surface area contributed by atoms with Gasteiger partial charge in [0.1, 0.15) is 6.29 Å². The summed E-state index contributed by atoms with van der Waals surface area (Å²) in [6.07, 6.45) is -7.61. The molecule has 0 aliphatic heterocycles. The monoisotopic (exact) mass is 686 g/mol. The van der Waals surface area contributed by atoms with E-state index in [9.17, 15) is 40.7 Å². The van der Waals surface area contributed by atoms with Gasteiger partial charge in [-0.1, -0.05) is 28.1 Å². The largest absolute Gasteiger partial charge is 0.417 e. The second kappa shape index (κ2) is 20.0. The van der Waals surface area contributed by atoms with Gasteiger partial charge in [0.15, 0.2) is 0 Å². The van der Waals surface area contributed by atoms with Crippen LogP contribution in [0.5, 0.6) is 0 Å². The van der Waals surface area contributed by atoms with Crippen LogP contribution in [0.3, 0.4) is 0 Å². The predicted octanol–water partition coefficient (Wildman–Crippen LogP) is 3.54. The fraction of sp³-hybridized carbons (Fsp3) is 0.444. The Morgan fingerprint density at radius 2 is 1.53 bits per heavy atom. The highest BCUT2D eigenvalue weighted by molar-refractivity contribution is 9.10. The molecule has 0 spiro atoms. The number of anilines is 1. The summed E-state index contributed by atoms with van der Waals surface area (Å²) in [7, 11) is 2.01. The maximum absolute atomic E-state index is 12.4. The third-order valence-corrected chi connectivity index (χ3v) is 6.11. The van der Waals surface area contributed by atoms with Crippen LogP contribution in [0.25, 0.3) is 0 Å². The van der Waals surface area contributed by atoms with Gasteiger partial charge in [-0.2, -0.15) is 26.3 Å². The van der Waals surface area contributed by atoms with E-state index in [2.05, 4.69) is 31.5 Å². The molecule has 0 fully saturated rings. The average Bonchev–Trinajstić information content (AvgIpc) is 2.90. The van der Waals surface area contributed by atoms with Gasteiger partial charge in [-0.15, -0.1) is 0 Å². The van der Waals surface area contributed by atoms with Gasteiger partial charge >= 0.3 is 12.4 Å². The average molecular weight is 688 g/mol. The van der Waals surface area contributed by atoms with Crippen LogP contribution in [0.15, 0.2) is 46.9 Å². The smallest absolute Gasteiger partial charge is 0.352 e. The van der Waals surface area contributed by atoms with E-state index in [0.29, 0.717) is 24.7 Å². The van der Waals surface area contributed by atoms with E-state index in [1.54, 1.807) is 6.92 Å². The lowest BCUT2D eigenvalue weighted by Crippen LogP contribution is -2.45. The van der Waals surface area contributed by atoms with Crippen molar-refractivity contribution in [2.24, 2.45) is 17.2 Å². The minimum Gasteiger partial charge on any atom is -0.352 e. The van der Waals surface area contributed by atoms with E-state index in [0.717, 1.165) is 44.4 Å². The third-order valence-electron chi connectivity index (χ3n) is 5.42. The van der Waals surface area contributed by atoms with Crippen LogP contribution in [0.1, 0.15) is 30.0 Å². The number of nitrogens with two attached hydrogens (primary N) is 3. The Morgan fingerprint density at radius 1 is 0.977 bits per heavy atom. The summed E-state index contributed by atoms with van der Waals surface area (Å²) in [6, 6.07) is 7.00. The number of nitrogens with zero attached hydrogens (tertiary/aromatic N) is 1. The first-order chi connectivity index (χ1) is 20.0. The molecule has 2 atom stereocenters. The van der Waals surface area contributed by atoms with E-state index in [1.807, 2.05) is 7.05 Å². The highest BCUT2D eigenvalue weighted by Crippen LogP contribution is 2.36. The summed E-state index contributed by atoms with van der Waals surface area (Å²) in [5, 5.41) is 4.76. The Hall–Kier alpha value is -3.05. The number of benzene rings is 2. The second-order valence-corrected chi connectivity index (χ2v) is 10.0. The molecule has 2 aromatic carbocycles. The molecule has 2 amide bonds. The SMILES string of the molecule is CC(Cc1ccc(C(F)(F)F)cc1)NC(=O)C(N)CC=O.CN(CCN)CCN.O=CNc1ccc(Br)c(C(F)(F)F)c1. The van der Waals surface area contributed by atoms with Crippen LogP contribution >= 0.6 is 15.9 Å². The number of carbonyl (C=O) groups is 3. The van der Waals surface area contributed by atoms with Crippen molar-refractivity contribution in [3.8, 4) is 0 Å². The van der Waals surface area contributed by atoms with Crippen molar-refractivity contribution in [2.45, 2.75) is 44.2 Å². The predicted molar refractivity (Wildman–Crippen MR) is 156 cm³/mol. The van der Waals surface area contributed by atoms with Crippen LogP contribution in [-0.2, 0) is 33.2 Å². The number of rotatable bonds is 12. The Morgan fingerprint density at radius 3 is 1.98 bits per heavy atom. The number of hydrogen-bond donors (Lipinski definition) is 5. The number of aldehydes is 1. The minimum atomic E-state index is -4.43. The number of nitrogens with one attached hydrogen (secondary N) is 2. The number of amides is 2. The zero-order valence-electron chi connectivity index (χ0n) is 23.6. The fourth-order valence-corrected chi connectivity index (χ4v) is 3.72. The molecule has 9 nitrogen and oxygen atoms in total. The number of hydrogen-bond acceptors (Lipinski definition) is 7. The maximum atomic E-state index is 12.4. The molecule has 0 bridgehead atoms. The van der Waals surface area contributed by atoms with Crippen molar-refractivity contribution in [3.63, 3.8) is 0 Å². The lowest BCUT2D eigenvalue weighted by Gasteiger charge is -2.17. The van der Waals surface area contributed by atoms with E-state index in [4.69, 9.17) is 17.2 Å². The van der Waals surface area contributed by atoms with Crippen molar-refractivity contribution in [3.05, 3.63) is 63.6 Å². The van der Waals surface area contributed by atoms with E-state index in [-0.39, 0.29) is 22.6 Å². The Labute approximate surface area is 254 Å². The molecule has 2 aromatic rings. The Balaban J connectivity index is 0.000000688. The summed E-state index contributed by atoms with van der Waals surface area (Å²) in [5.41, 5.74) is 15.3. The molecule has 2 unspecified atom stereocenters. The van der Waals surface area contributed by atoms with Crippen LogP contribution in [0.4, 0.5) is 32.0 Å². The summed E-state index contributed by atoms with van der Waals surface area (Å²) >= 11 is 2.78. The lowest BCUT2D eigenvalue weighted by molar-refractivity contribution is -0.138. The quantitative estimate of drug-likeness (QED) is 0.169. The molecule has 43 heavy (non-hydrogen) atoms. The third kappa shape index (κ3) is 17.0. The Bertz CT molecular complexity index is 1110. The first-order valence-electron chi connectivity index (χ1n) is 12.8. The molecular formula is C27H37BrF6N6O3. The van der Waals surface area contributed by atoms with Gasteiger partial charge in [-0.05, 0) is 56.3 Å². The molecule has 0 aromatic heterocycles. The number of likely N-dealkylation sites (N-methyl/N-ethyl adjacent to an activating group) is 1. The van der Waals surface area contributed by atoms with Gasteiger partial charge in [0.25, 0.3) is 0 Å². The summed E-state index contributed by atoms with van der Waals surface area (Å²) in [6.45, 7) is 5.03. The maximum Gasteiger partial charge on any atom is 0.417 e. The highest BCUT2D eigenvalue weighted by atomic mass is 79.9. The minimum absolute atomic E-state index is 0.0542. The number of halogens is 7. The first-order valence-corrected chi connectivity index (χ1v) is 13.6. The van der Waals surface area contributed by atoms with E-state index >= 15 is 0 Å². The molecule has 0 saturated carbocycles. The van der Waals surface area contributed by atoms with Crippen molar-refractivity contribution >= 4 is 40.2 Å². The van der Waals surface area contributed by atoms with Crippen molar-refractivity contribution in [2.75, 3.05) is 38.5 Å². The molecule has 0 aliphatic rings. The van der Waals surface area contributed by atoms with Crippen molar-refractivity contribution in [1.82, 2.24) is 10.2 Å². The van der Waals surface area contributed by atoms with Crippen LogP contribution in [0, 0.1) is 0 Å². The summed E-state index contributed by atoms with van der Waals surface area (Å²) in [4.78, 5) is 34.0. The molecule has 2 rings (SSSR count). The molecule has 16 heteroatoms. The molecule has 0 saturated heterocycles. The first kappa shape index (κ1) is 40.0. The Kier molecular flexibility index (Phi) is 18.6. The summed E-state index contributed by atoms with van der Waals surface area (Å²) in [5.74, 6) is -0.457. The second-order valence-electron chi connectivity index (χ2n) is 9.15. The molecule has 0 heterocycles. The van der Waals surface area contributed by atoms with Crippen molar-refractivity contribution in [1.29, 1.82) is 0 Å². The fourth-order valence-electron chi connectivity index (χ4n) is 3.25. The zero-order chi connectivity index (χ0) is 33.2. The van der Waals surface area contributed by atoms with Gasteiger partial charge in [0.05, 0.1) is 17.2 Å². The normalized spacial score (nSPS) is 12.6. The molecule has 0 aliphatic carbocycles. The number of carbonyl (C=O) groups excluding carboxylic acids is 3. The van der Waals surface area contributed by atoms with Gasteiger partial charge in [0.2, 0.25) is 12.3 Å². The van der Waals surface area contributed by atoms with Gasteiger partial charge in [-0.3, -0.25) is 9.59 Å². The topological polar surface area (TPSA) is 157 Å².